The first-order valence-electron chi connectivity index (χ1n) is 5.20. The first kappa shape index (κ1) is 11.0. The van der Waals surface area contributed by atoms with Crippen molar-refractivity contribution in [2.45, 2.75) is 34.2 Å². The average Bonchev–Trinajstić information content (AvgIpc) is 2.50. The standard InChI is InChI=1S/C12H19NO/c1-9(2)7-13-6-5-11(8-13)12(14)10(3)4/h5-6,8-10H,7H2,1-4H3. The fraction of sp³-hybridized carbons (Fsp3) is 0.583. The number of carbonyl (C=O) groups is 1. The molecule has 0 aliphatic rings. The molecule has 0 aliphatic heterocycles. The maximum atomic E-state index is 11.6. The van der Waals surface area contributed by atoms with E-state index in [1.807, 2.05) is 32.3 Å². The van der Waals surface area contributed by atoms with Gasteiger partial charge in [-0.3, -0.25) is 4.79 Å². The number of Topliss-reactive ketones (excluding diaryl/α,β-unsaturated/α-hetero) is 1. The Hall–Kier alpha value is -1.05. The summed E-state index contributed by atoms with van der Waals surface area (Å²) in [6.07, 6.45) is 3.93. The molecule has 0 aliphatic carbocycles. The summed E-state index contributed by atoms with van der Waals surface area (Å²) < 4.78 is 2.08. The molecular weight excluding hydrogens is 174 g/mol. The van der Waals surface area contributed by atoms with E-state index in [0.717, 1.165) is 12.1 Å². The maximum absolute atomic E-state index is 11.6. The molecule has 1 aromatic heterocycles. The van der Waals surface area contributed by atoms with Gasteiger partial charge in [-0.05, 0) is 12.0 Å². The largest absolute Gasteiger partial charge is 0.353 e. The van der Waals surface area contributed by atoms with Gasteiger partial charge in [-0.2, -0.15) is 0 Å². The van der Waals surface area contributed by atoms with Crippen molar-refractivity contribution in [1.82, 2.24) is 4.57 Å². The number of hydrogen-bond donors (Lipinski definition) is 0. The van der Waals surface area contributed by atoms with Crippen molar-refractivity contribution in [2.24, 2.45) is 11.8 Å². The van der Waals surface area contributed by atoms with E-state index in [-0.39, 0.29) is 11.7 Å². The first-order chi connectivity index (χ1) is 6.50. The van der Waals surface area contributed by atoms with E-state index in [1.165, 1.54) is 0 Å². The Balaban J connectivity index is 2.73. The SMILES string of the molecule is CC(C)Cn1ccc(C(=O)C(C)C)c1. The monoisotopic (exact) mass is 193 g/mol. The smallest absolute Gasteiger partial charge is 0.166 e. The normalized spacial score (nSPS) is 11.3. The molecule has 0 saturated carbocycles. The quantitative estimate of drug-likeness (QED) is 0.674. The van der Waals surface area contributed by atoms with Crippen molar-refractivity contribution < 1.29 is 4.79 Å². The van der Waals surface area contributed by atoms with Gasteiger partial charge in [-0.15, -0.1) is 0 Å². The third kappa shape index (κ3) is 2.72. The van der Waals surface area contributed by atoms with Gasteiger partial charge in [0.2, 0.25) is 0 Å². The molecule has 0 spiro atoms. The van der Waals surface area contributed by atoms with E-state index in [2.05, 4.69) is 18.4 Å². The minimum absolute atomic E-state index is 0.0879. The summed E-state index contributed by atoms with van der Waals surface area (Å²) in [7, 11) is 0. The van der Waals surface area contributed by atoms with Crippen LogP contribution in [0.1, 0.15) is 38.1 Å². The third-order valence-electron chi connectivity index (χ3n) is 2.14. The van der Waals surface area contributed by atoms with E-state index in [0.29, 0.717) is 5.92 Å². The van der Waals surface area contributed by atoms with Gasteiger partial charge < -0.3 is 4.57 Å². The zero-order valence-corrected chi connectivity index (χ0v) is 9.45. The van der Waals surface area contributed by atoms with Crippen molar-refractivity contribution in [3.05, 3.63) is 24.0 Å². The molecule has 0 unspecified atom stereocenters. The Labute approximate surface area is 85.9 Å². The molecule has 1 rings (SSSR count). The van der Waals surface area contributed by atoms with Crippen LogP contribution in [-0.4, -0.2) is 10.4 Å². The first-order valence-corrected chi connectivity index (χ1v) is 5.20. The Morgan fingerprint density at radius 2 is 2.00 bits per heavy atom. The number of carbonyl (C=O) groups excluding carboxylic acids is 1. The molecule has 1 heterocycles. The van der Waals surface area contributed by atoms with Crippen molar-refractivity contribution in [3.63, 3.8) is 0 Å². The second kappa shape index (κ2) is 4.45. The van der Waals surface area contributed by atoms with E-state index in [4.69, 9.17) is 0 Å². The highest BCUT2D eigenvalue weighted by Crippen LogP contribution is 2.10. The fourth-order valence-corrected chi connectivity index (χ4v) is 1.46. The van der Waals surface area contributed by atoms with Crippen molar-refractivity contribution in [2.75, 3.05) is 0 Å². The van der Waals surface area contributed by atoms with Gasteiger partial charge in [-0.1, -0.05) is 27.7 Å². The molecule has 0 bridgehead atoms. The van der Waals surface area contributed by atoms with Gasteiger partial charge >= 0.3 is 0 Å². The Morgan fingerprint density at radius 1 is 1.36 bits per heavy atom. The van der Waals surface area contributed by atoms with Gasteiger partial charge in [0.15, 0.2) is 5.78 Å². The maximum Gasteiger partial charge on any atom is 0.166 e. The molecule has 0 amide bonds. The van der Waals surface area contributed by atoms with E-state index >= 15 is 0 Å². The highest BCUT2D eigenvalue weighted by atomic mass is 16.1. The summed E-state index contributed by atoms with van der Waals surface area (Å²) >= 11 is 0. The Bertz CT molecular complexity index is 310. The highest BCUT2D eigenvalue weighted by molar-refractivity contribution is 5.97. The van der Waals surface area contributed by atoms with Crippen molar-refractivity contribution >= 4 is 5.78 Å². The third-order valence-corrected chi connectivity index (χ3v) is 2.14. The number of hydrogen-bond acceptors (Lipinski definition) is 1. The lowest BCUT2D eigenvalue weighted by Gasteiger charge is -2.05. The van der Waals surface area contributed by atoms with Crippen LogP contribution in [0.4, 0.5) is 0 Å². The minimum atomic E-state index is 0.0879. The number of nitrogens with zero attached hydrogens (tertiary/aromatic N) is 1. The molecule has 1 aromatic rings. The molecule has 0 N–H and O–H groups in total. The van der Waals surface area contributed by atoms with Gasteiger partial charge in [-0.25, -0.2) is 0 Å². The molecule has 2 nitrogen and oxygen atoms in total. The van der Waals surface area contributed by atoms with Crippen molar-refractivity contribution in [1.29, 1.82) is 0 Å². The highest BCUT2D eigenvalue weighted by Gasteiger charge is 2.11. The average molecular weight is 193 g/mol. The zero-order valence-electron chi connectivity index (χ0n) is 9.45. The summed E-state index contributed by atoms with van der Waals surface area (Å²) in [4.78, 5) is 11.6. The molecule has 0 fully saturated rings. The molecule has 0 aromatic carbocycles. The van der Waals surface area contributed by atoms with Crippen molar-refractivity contribution in [3.8, 4) is 0 Å². The summed E-state index contributed by atoms with van der Waals surface area (Å²) in [5, 5.41) is 0. The second-order valence-corrected chi connectivity index (χ2v) is 4.51. The lowest BCUT2D eigenvalue weighted by atomic mass is 10.0. The van der Waals surface area contributed by atoms with E-state index < -0.39 is 0 Å². The fourth-order valence-electron chi connectivity index (χ4n) is 1.46. The second-order valence-electron chi connectivity index (χ2n) is 4.51. The van der Waals surface area contributed by atoms with Crippen LogP contribution in [0.15, 0.2) is 18.5 Å². The summed E-state index contributed by atoms with van der Waals surface area (Å²) in [5.74, 6) is 0.932. The predicted octanol–water partition coefficient (Wildman–Crippen LogP) is 2.98. The topological polar surface area (TPSA) is 22.0 Å². The van der Waals surface area contributed by atoms with Gasteiger partial charge in [0.1, 0.15) is 0 Å². The van der Waals surface area contributed by atoms with Crippen LogP contribution in [0.2, 0.25) is 0 Å². The zero-order chi connectivity index (χ0) is 10.7. The van der Waals surface area contributed by atoms with Gasteiger partial charge in [0.25, 0.3) is 0 Å². The molecule has 0 atom stereocenters. The van der Waals surface area contributed by atoms with Crippen LogP contribution < -0.4 is 0 Å². The Morgan fingerprint density at radius 3 is 2.50 bits per heavy atom. The minimum Gasteiger partial charge on any atom is -0.353 e. The van der Waals surface area contributed by atoms with E-state index in [1.54, 1.807) is 0 Å². The van der Waals surface area contributed by atoms with Crippen LogP contribution >= 0.6 is 0 Å². The molecule has 78 valence electrons. The van der Waals surface area contributed by atoms with Crippen LogP contribution in [0.25, 0.3) is 0 Å². The summed E-state index contributed by atoms with van der Waals surface area (Å²) in [5.41, 5.74) is 0.834. The van der Waals surface area contributed by atoms with Crippen LogP contribution in [0.5, 0.6) is 0 Å². The molecule has 0 radical (unpaired) electrons. The molecular formula is C12H19NO. The van der Waals surface area contributed by atoms with Gasteiger partial charge in [0.05, 0.1) is 0 Å². The van der Waals surface area contributed by atoms with Crippen LogP contribution in [-0.2, 0) is 6.54 Å². The van der Waals surface area contributed by atoms with Crippen LogP contribution in [0, 0.1) is 11.8 Å². The Kier molecular flexibility index (Phi) is 3.50. The molecule has 2 heteroatoms. The summed E-state index contributed by atoms with van der Waals surface area (Å²) in [6, 6.07) is 1.91. The van der Waals surface area contributed by atoms with Crippen LogP contribution in [0.3, 0.4) is 0 Å². The predicted molar refractivity (Wildman–Crippen MR) is 58.4 cm³/mol. The van der Waals surface area contributed by atoms with Gasteiger partial charge in [0, 0.05) is 30.4 Å². The molecule has 0 saturated heterocycles. The number of rotatable bonds is 4. The lowest BCUT2D eigenvalue weighted by molar-refractivity contribution is 0.0939. The number of ketones is 1. The van der Waals surface area contributed by atoms with E-state index in [9.17, 15) is 4.79 Å². The lowest BCUT2D eigenvalue weighted by Crippen LogP contribution is -2.07. The summed E-state index contributed by atoms with van der Waals surface area (Å²) in [6.45, 7) is 9.18. The number of aromatic nitrogens is 1. The molecule has 14 heavy (non-hydrogen) atoms.